The highest BCUT2D eigenvalue weighted by molar-refractivity contribution is 5.77. The molecule has 0 aliphatic heterocycles. The lowest BCUT2D eigenvalue weighted by Gasteiger charge is -2.17. The van der Waals surface area contributed by atoms with Crippen LogP contribution < -0.4 is 5.32 Å². The first-order valence-corrected chi connectivity index (χ1v) is 6.13. The van der Waals surface area contributed by atoms with Crippen LogP contribution in [-0.4, -0.2) is 32.3 Å². The van der Waals surface area contributed by atoms with Crippen molar-refractivity contribution in [2.24, 2.45) is 0 Å². The van der Waals surface area contributed by atoms with Gasteiger partial charge >= 0.3 is 5.97 Å². The van der Waals surface area contributed by atoms with Crippen LogP contribution in [-0.2, 0) is 14.3 Å². The molecule has 100 valence electrons. The second-order valence-electron chi connectivity index (χ2n) is 4.24. The van der Waals surface area contributed by atoms with Crippen molar-refractivity contribution in [1.29, 1.82) is 0 Å². The highest BCUT2D eigenvalue weighted by Crippen LogP contribution is 2.13. The van der Waals surface area contributed by atoms with Gasteiger partial charge in [-0.2, -0.15) is 0 Å². The van der Waals surface area contributed by atoms with Crippen molar-refractivity contribution >= 4 is 5.97 Å². The number of carbonyl (C=O) groups is 1. The zero-order chi connectivity index (χ0) is 13.4. The van der Waals surface area contributed by atoms with Crippen LogP contribution in [0.25, 0.3) is 0 Å². The SMILES string of the molecule is COC(=O)C(NCCOC(C)C)c1ccccc1. The minimum absolute atomic E-state index is 0.195. The fraction of sp³-hybridized carbons (Fsp3) is 0.500. The number of methoxy groups -OCH3 is 1. The largest absolute Gasteiger partial charge is 0.468 e. The molecule has 0 saturated heterocycles. The molecule has 0 radical (unpaired) electrons. The van der Waals surface area contributed by atoms with E-state index in [1.807, 2.05) is 44.2 Å². The first-order valence-electron chi connectivity index (χ1n) is 6.13. The Kier molecular flexibility index (Phi) is 6.39. The molecule has 1 aromatic rings. The van der Waals surface area contributed by atoms with Gasteiger partial charge in [-0.1, -0.05) is 30.3 Å². The van der Waals surface area contributed by atoms with Gasteiger partial charge < -0.3 is 9.47 Å². The Labute approximate surface area is 108 Å². The first kappa shape index (κ1) is 14.7. The summed E-state index contributed by atoms with van der Waals surface area (Å²) < 4.78 is 10.2. The molecule has 0 aromatic heterocycles. The molecule has 1 aromatic carbocycles. The Hall–Kier alpha value is -1.39. The van der Waals surface area contributed by atoms with Crippen LogP contribution in [0.2, 0.25) is 0 Å². The quantitative estimate of drug-likeness (QED) is 0.594. The molecule has 4 heteroatoms. The lowest BCUT2D eigenvalue weighted by Crippen LogP contribution is -2.32. The summed E-state index contributed by atoms with van der Waals surface area (Å²) in [7, 11) is 1.39. The summed E-state index contributed by atoms with van der Waals surface area (Å²) >= 11 is 0. The summed E-state index contributed by atoms with van der Waals surface area (Å²) in [6.45, 7) is 5.13. The van der Waals surface area contributed by atoms with Crippen molar-refractivity contribution < 1.29 is 14.3 Å². The lowest BCUT2D eigenvalue weighted by molar-refractivity contribution is -0.143. The average molecular weight is 251 g/mol. The third-order valence-corrected chi connectivity index (χ3v) is 2.47. The molecule has 0 heterocycles. The Morgan fingerprint density at radius 2 is 1.94 bits per heavy atom. The van der Waals surface area contributed by atoms with Gasteiger partial charge in [-0.25, -0.2) is 4.79 Å². The summed E-state index contributed by atoms with van der Waals surface area (Å²) in [5.74, 6) is -0.286. The molecule has 0 spiro atoms. The number of hydrogen-bond donors (Lipinski definition) is 1. The normalized spacial score (nSPS) is 12.4. The highest BCUT2D eigenvalue weighted by atomic mass is 16.5. The van der Waals surface area contributed by atoms with Crippen LogP contribution in [0.4, 0.5) is 0 Å². The second-order valence-corrected chi connectivity index (χ2v) is 4.24. The van der Waals surface area contributed by atoms with Crippen LogP contribution in [0.3, 0.4) is 0 Å². The van der Waals surface area contributed by atoms with E-state index in [-0.39, 0.29) is 12.1 Å². The number of carbonyl (C=O) groups excluding carboxylic acids is 1. The molecule has 1 atom stereocenters. The zero-order valence-electron chi connectivity index (χ0n) is 11.2. The predicted molar refractivity (Wildman–Crippen MR) is 70.3 cm³/mol. The number of esters is 1. The number of hydrogen-bond acceptors (Lipinski definition) is 4. The molecule has 18 heavy (non-hydrogen) atoms. The topological polar surface area (TPSA) is 47.6 Å². The monoisotopic (exact) mass is 251 g/mol. The first-order chi connectivity index (χ1) is 8.65. The summed E-state index contributed by atoms with van der Waals surface area (Å²) in [5.41, 5.74) is 0.897. The second kappa shape index (κ2) is 7.84. The van der Waals surface area contributed by atoms with Crippen LogP contribution >= 0.6 is 0 Å². The van der Waals surface area contributed by atoms with Crippen molar-refractivity contribution in [2.75, 3.05) is 20.3 Å². The van der Waals surface area contributed by atoms with E-state index in [0.717, 1.165) is 5.56 Å². The molecular weight excluding hydrogens is 230 g/mol. The fourth-order valence-corrected chi connectivity index (χ4v) is 1.60. The number of rotatable bonds is 7. The van der Waals surface area contributed by atoms with Crippen molar-refractivity contribution in [3.8, 4) is 0 Å². The van der Waals surface area contributed by atoms with E-state index in [1.165, 1.54) is 7.11 Å². The Morgan fingerprint density at radius 3 is 2.50 bits per heavy atom. The molecule has 1 unspecified atom stereocenters. The van der Waals surface area contributed by atoms with Crippen LogP contribution in [0.1, 0.15) is 25.5 Å². The number of benzene rings is 1. The minimum Gasteiger partial charge on any atom is -0.468 e. The van der Waals surface area contributed by atoms with Crippen LogP contribution in [0.15, 0.2) is 30.3 Å². The predicted octanol–water partition coefficient (Wildman–Crippen LogP) is 1.92. The molecule has 0 aliphatic carbocycles. The summed E-state index contributed by atoms with van der Waals surface area (Å²) in [5, 5.41) is 3.14. The van der Waals surface area contributed by atoms with Gasteiger partial charge in [-0.3, -0.25) is 5.32 Å². The number of ether oxygens (including phenoxy) is 2. The van der Waals surface area contributed by atoms with Crippen molar-refractivity contribution in [3.05, 3.63) is 35.9 Å². The standard InChI is InChI=1S/C14H21NO3/c1-11(2)18-10-9-15-13(14(16)17-3)12-7-5-4-6-8-12/h4-8,11,13,15H,9-10H2,1-3H3. The average Bonchev–Trinajstić information content (AvgIpc) is 2.38. The summed E-state index contributed by atoms with van der Waals surface area (Å²) in [6.07, 6.45) is 0.195. The van der Waals surface area contributed by atoms with Gasteiger partial charge in [-0.15, -0.1) is 0 Å². The van der Waals surface area contributed by atoms with Gasteiger partial charge in [0.25, 0.3) is 0 Å². The molecule has 0 aliphatic rings. The van der Waals surface area contributed by atoms with Gasteiger partial charge in [-0.05, 0) is 19.4 Å². The third-order valence-electron chi connectivity index (χ3n) is 2.47. The maximum absolute atomic E-state index is 11.7. The van der Waals surface area contributed by atoms with Gasteiger partial charge in [0.2, 0.25) is 0 Å². The van der Waals surface area contributed by atoms with E-state index in [1.54, 1.807) is 0 Å². The van der Waals surface area contributed by atoms with Gasteiger partial charge in [0, 0.05) is 6.54 Å². The lowest BCUT2D eigenvalue weighted by atomic mass is 10.1. The molecule has 0 fully saturated rings. The summed E-state index contributed by atoms with van der Waals surface area (Å²) in [4.78, 5) is 11.7. The molecule has 0 bridgehead atoms. The van der Waals surface area contributed by atoms with Gasteiger partial charge in [0.05, 0.1) is 19.8 Å². The van der Waals surface area contributed by atoms with E-state index >= 15 is 0 Å². The Balaban J connectivity index is 2.55. The zero-order valence-corrected chi connectivity index (χ0v) is 11.2. The van der Waals surface area contributed by atoms with Crippen LogP contribution in [0.5, 0.6) is 0 Å². The third kappa shape index (κ3) is 4.85. The molecule has 1 N–H and O–H groups in total. The summed E-state index contributed by atoms with van der Waals surface area (Å²) in [6, 6.07) is 9.08. The highest BCUT2D eigenvalue weighted by Gasteiger charge is 2.20. The van der Waals surface area contributed by atoms with E-state index in [4.69, 9.17) is 9.47 Å². The minimum atomic E-state index is -0.438. The van der Waals surface area contributed by atoms with Gasteiger partial charge in [0.15, 0.2) is 0 Å². The van der Waals surface area contributed by atoms with E-state index < -0.39 is 6.04 Å². The van der Waals surface area contributed by atoms with Crippen molar-refractivity contribution in [3.63, 3.8) is 0 Å². The molecule has 1 rings (SSSR count). The smallest absolute Gasteiger partial charge is 0.327 e. The van der Waals surface area contributed by atoms with E-state index in [2.05, 4.69) is 5.32 Å². The van der Waals surface area contributed by atoms with Crippen LogP contribution in [0, 0.1) is 0 Å². The molecular formula is C14H21NO3. The van der Waals surface area contributed by atoms with Crippen molar-refractivity contribution in [2.45, 2.75) is 26.0 Å². The molecule has 4 nitrogen and oxygen atoms in total. The Morgan fingerprint density at radius 1 is 1.28 bits per heavy atom. The van der Waals surface area contributed by atoms with Crippen molar-refractivity contribution in [1.82, 2.24) is 5.32 Å². The number of nitrogens with one attached hydrogen (secondary N) is 1. The molecule has 0 amide bonds. The maximum Gasteiger partial charge on any atom is 0.327 e. The van der Waals surface area contributed by atoms with Gasteiger partial charge in [0.1, 0.15) is 6.04 Å². The molecule has 0 saturated carbocycles. The fourth-order valence-electron chi connectivity index (χ4n) is 1.60. The maximum atomic E-state index is 11.7. The van der Waals surface area contributed by atoms with E-state index in [0.29, 0.717) is 13.2 Å². The Bertz CT molecular complexity index is 351. The van der Waals surface area contributed by atoms with E-state index in [9.17, 15) is 4.79 Å².